The number of guanidine groups is 1. The summed E-state index contributed by atoms with van der Waals surface area (Å²) in [5.41, 5.74) is 0. The number of aliphatic imine (C=N–C) groups is 1. The largest absolute Gasteiger partial charge is 0.357 e. The van der Waals surface area contributed by atoms with Crippen molar-refractivity contribution in [2.24, 2.45) is 10.9 Å². The minimum absolute atomic E-state index is 0. The highest BCUT2D eigenvalue weighted by Crippen LogP contribution is 2.06. The lowest BCUT2D eigenvalue weighted by Crippen LogP contribution is -2.42. The van der Waals surface area contributed by atoms with Gasteiger partial charge in [-0.2, -0.15) is 0 Å². The van der Waals surface area contributed by atoms with Crippen LogP contribution >= 0.6 is 24.0 Å². The average Bonchev–Trinajstić information content (AvgIpc) is 2.15. The van der Waals surface area contributed by atoms with Crippen LogP contribution in [0.1, 0.15) is 47.5 Å². The van der Waals surface area contributed by atoms with Crippen molar-refractivity contribution in [1.29, 1.82) is 0 Å². The molecular weight excluding hydrogens is 313 g/mol. The fourth-order valence-electron chi connectivity index (χ4n) is 1.37. The zero-order chi connectivity index (χ0) is 11.7. The highest BCUT2D eigenvalue weighted by molar-refractivity contribution is 14.0. The molecule has 0 aliphatic rings. The molecule has 1 atom stereocenters. The van der Waals surface area contributed by atoms with Crippen LogP contribution in [-0.4, -0.2) is 25.1 Å². The molecule has 0 saturated heterocycles. The van der Waals surface area contributed by atoms with Crippen LogP contribution in [0.5, 0.6) is 0 Å². The van der Waals surface area contributed by atoms with E-state index in [1.54, 1.807) is 0 Å². The summed E-state index contributed by atoms with van der Waals surface area (Å²) in [6.07, 6.45) is 2.46. The fourth-order valence-corrected chi connectivity index (χ4v) is 1.37. The molecule has 0 aliphatic heterocycles. The van der Waals surface area contributed by atoms with Gasteiger partial charge in [0.1, 0.15) is 0 Å². The third kappa shape index (κ3) is 10.5. The molecule has 0 bridgehead atoms. The minimum Gasteiger partial charge on any atom is -0.357 e. The van der Waals surface area contributed by atoms with Gasteiger partial charge in [0, 0.05) is 19.1 Å². The highest BCUT2D eigenvalue weighted by Gasteiger charge is 2.05. The van der Waals surface area contributed by atoms with Gasteiger partial charge >= 0.3 is 0 Å². The molecule has 16 heavy (non-hydrogen) atoms. The summed E-state index contributed by atoms with van der Waals surface area (Å²) in [4.78, 5) is 4.38. The van der Waals surface area contributed by atoms with E-state index < -0.39 is 0 Å². The molecule has 2 N–H and O–H groups in total. The van der Waals surface area contributed by atoms with Crippen LogP contribution in [0.25, 0.3) is 0 Å². The van der Waals surface area contributed by atoms with Crippen LogP contribution in [0.15, 0.2) is 4.99 Å². The van der Waals surface area contributed by atoms with Crippen molar-refractivity contribution >= 4 is 29.9 Å². The molecule has 0 heterocycles. The molecule has 3 nitrogen and oxygen atoms in total. The van der Waals surface area contributed by atoms with Crippen LogP contribution in [0.3, 0.4) is 0 Å². The molecule has 98 valence electrons. The third-order valence-corrected chi connectivity index (χ3v) is 2.22. The number of halogens is 1. The van der Waals surface area contributed by atoms with E-state index in [0.717, 1.165) is 25.0 Å². The number of nitrogens with one attached hydrogen (secondary N) is 2. The normalized spacial score (nSPS) is 13.2. The highest BCUT2D eigenvalue weighted by atomic mass is 127. The second-order valence-electron chi connectivity index (χ2n) is 4.37. The first kappa shape index (κ1) is 18.4. The molecule has 0 aromatic carbocycles. The van der Waals surface area contributed by atoms with E-state index in [9.17, 15) is 0 Å². The smallest absolute Gasteiger partial charge is 0.191 e. The SMILES string of the molecule is CCN=C(NCC)NC(C)CCC(C)C.I. The molecule has 0 aromatic rings. The van der Waals surface area contributed by atoms with Gasteiger partial charge in [0.15, 0.2) is 5.96 Å². The third-order valence-electron chi connectivity index (χ3n) is 2.22. The van der Waals surface area contributed by atoms with Gasteiger partial charge in [0.2, 0.25) is 0 Å². The molecule has 0 aliphatic carbocycles. The zero-order valence-corrected chi connectivity index (χ0v) is 13.7. The van der Waals surface area contributed by atoms with Crippen molar-refractivity contribution in [3.63, 3.8) is 0 Å². The number of hydrogen-bond donors (Lipinski definition) is 2. The molecule has 0 aromatic heterocycles. The summed E-state index contributed by atoms with van der Waals surface area (Å²) in [6, 6.07) is 0.497. The maximum atomic E-state index is 4.38. The summed E-state index contributed by atoms with van der Waals surface area (Å²) in [7, 11) is 0. The Morgan fingerprint density at radius 1 is 1.12 bits per heavy atom. The second-order valence-corrected chi connectivity index (χ2v) is 4.37. The predicted octanol–water partition coefficient (Wildman–Crippen LogP) is 3.00. The van der Waals surface area contributed by atoms with Crippen molar-refractivity contribution in [2.45, 2.75) is 53.5 Å². The molecule has 4 heteroatoms. The van der Waals surface area contributed by atoms with E-state index in [1.165, 1.54) is 12.8 Å². The monoisotopic (exact) mass is 341 g/mol. The average molecular weight is 341 g/mol. The molecule has 0 saturated carbocycles. The van der Waals surface area contributed by atoms with E-state index in [2.05, 4.69) is 50.2 Å². The quantitative estimate of drug-likeness (QED) is 0.443. The lowest BCUT2D eigenvalue weighted by atomic mass is 10.0. The first-order chi connectivity index (χ1) is 7.10. The molecule has 0 rings (SSSR count). The van der Waals surface area contributed by atoms with Crippen molar-refractivity contribution in [2.75, 3.05) is 13.1 Å². The Labute approximate surface area is 118 Å². The van der Waals surface area contributed by atoms with Crippen molar-refractivity contribution in [1.82, 2.24) is 10.6 Å². The van der Waals surface area contributed by atoms with Crippen molar-refractivity contribution < 1.29 is 0 Å². The summed E-state index contributed by atoms with van der Waals surface area (Å²) in [5.74, 6) is 1.72. The Kier molecular flexibility index (Phi) is 13.2. The topological polar surface area (TPSA) is 36.4 Å². The maximum absolute atomic E-state index is 4.38. The molecule has 0 amide bonds. The van der Waals surface area contributed by atoms with Crippen LogP contribution in [-0.2, 0) is 0 Å². The van der Waals surface area contributed by atoms with Crippen LogP contribution in [0.2, 0.25) is 0 Å². The van der Waals surface area contributed by atoms with E-state index in [0.29, 0.717) is 6.04 Å². The van der Waals surface area contributed by atoms with E-state index in [1.807, 2.05) is 0 Å². The van der Waals surface area contributed by atoms with Crippen molar-refractivity contribution in [3.05, 3.63) is 0 Å². The first-order valence-electron chi connectivity index (χ1n) is 6.14. The van der Waals surface area contributed by atoms with Gasteiger partial charge in [-0.25, -0.2) is 0 Å². The van der Waals surface area contributed by atoms with Crippen LogP contribution in [0.4, 0.5) is 0 Å². The maximum Gasteiger partial charge on any atom is 0.191 e. The molecule has 0 radical (unpaired) electrons. The number of nitrogens with zero attached hydrogens (tertiary/aromatic N) is 1. The van der Waals surface area contributed by atoms with Gasteiger partial charge in [0.25, 0.3) is 0 Å². The summed E-state index contributed by atoms with van der Waals surface area (Å²) >= 11 is 0. The standard InChI is InChI=1S/C12H27N3.HI/c1-6-13-12(14-7-2)15-11(5)9-8-10(3)4;/h10-11H,6-9H2,1-5H3,(H2,13,14,15);1H. The van der Waals surface area contributed by atoms with Gasteiger partial charge in [-0.15, -0.1) is 24.0 Å². The van der Waals surface area contributed by atoms with Gasteiger partial charge in [-0.1, -0.05) is 13.8 Å². The molecule has 0 spiro atoms. The summed E-state index contributed by atoms with van der Waals surface area (Å²) < 4.78 is 0. The minimum atomic E-state index is 0. The van der Waals surface area contributed by atoms with Crippen molar-refractivity contribution in [3.8, 4) is 0 Å². The first-order valence-corrected chi connectivity index (χ1v) is 6.14. The summed E-state index contributed by atoms with van der Waals surface area (Å²) in [6.45, 7) is 12.6. The predicted molar refractivity (Wildman–Crippen MR) is 83.7 cm³/mol. The lowest BCUT2D eigenvalue weighted by molar-refractivity contribution is 0.489. The molecular formula is C12H28IN3. The van der Waals surface area contributed by atoms with Crippen LogP contribution in [0, 0.1) is 5.92 Å². The van der Waals surface area contributed by atoms with Gasteiger partial charge in [0.05, 0.1) is 0 Å². The second kappa shape index (κ2) is 11.5. The molecule has 0 fully saturated rings. The fraction of sp³-hybridized carbons (Fsp3) is 0.917. The number of rotatable bonds is 6. The lowest BCUT2D eigenvalue weighted by Gasteiger charge is -2.18. The number of hydrogen-bond acceptors (Lipinski definition) is 1. The Balaban J connectivity index is 0. The zero-order valence-electron chi connectivity index (χ0n) is 11.3. The van der Waals surface area contributed by atoms with Crippen LogP contribution < -0.4 is 10.6 Å². The Morgan fingerprint density at radius 3 is 2.19 bits per heavy atom. The van der Waals surface area contributed by atoms with Gasteiger partial charge in [-0.3, -0.25) is 4.99 Å². The van der Waals surface area contributed by atoms with E-state index in [-0.39, 0.29) is 24.0 Å². The van der Waals surface area contributed by atoms with E-state index >= 15 is 0 Å². The van der Waals surface area contributed by atoms with Gasteiger partial charge in [-0.05, 0) is 39.5 Å². The Hall–Kier alpha value is 0. The van der Waals surface area contributed by atoms with E-state index in [4.69, 9.17) is 0 Å². The molecule has 1 unspecified atom stereocenters. The Morgan fingerprint density at radius 2 is 1.75 bits per heavy atom. The Bertz CT molecular complexity index is 181. The summed E-state index contributed by atoms with van der Waals surface area (Å²) in [5, 5.41) is 6.65. The van der Waals surface area contributed by atoms with Gasteiger partial charge < -0.3 is 10.6 Å².